The summed E-state index contributed by atoms with van der Waals surface area (Å²) in [4.78, 5) is 11.2. The number of carbonyl (C=O) groups excluding carboxylic acids is 1. The summed E-state index contributed by atoms with van der Waals surface area (Å²) in [5, 5.41) is 2.46. The third-order valence-electron chi connectivity index (χ3n) is 2.03. The van der Waals surface area contributed by atoms with Gasteiger partial charge in [0.05, 0.1) is 0 Å². The Hall–Kier alpha value is -1.33. The van der Waals surface area contributed by atoms with Gasteiger partial charge in [-0.25, -0.2) is 8.42 Å². The lowest BCUT2D eigenvalue weighted by Crippen LogP contribution is -2.19. The lowest BCUT2D eigenvalue weighted by Gasteiger charge is -2.06. The van der Waals surface area contributed by atoms with E-state index >= 15 is 0 Å². The van der Waals surface area contributed by atoms with E-state index in [1.807, 2.05) is 6.92 Å². The lowest BCUT2D eigenvalue weighted by atomic mass is 10.2. The number of halogens is 1. The molecule has 0 aromatic heterocycles. The van der Waals surface area contributed by atoms with Gasteiger partial charge < -0.3 is 5.32 Å². The minimum atomic E-state index is -3.63. The number of amides is 1. The Morgan fingerprint density at radius 2 is 1.82 bits per heavy atom. The van der Waals surface area contributed by atoms with E-state index in [-0.39, 0.29) is 0 Å². The van der Waals surface area contributed by atoms with E-state index in [9.17, 15) is 13.2 Å². The second-order valence-corrected chi connectivity index (χ2v) is 5.77. The Balaban J connectivity index is 2.90. The lowest BCUT2D eigenvalue weighted by molar-refractivity contribution is -0.112. The van der Waals surface area contributed by atoms with Crippen LogP contribution in [-0.2, 0) is 14.6 Å². The van der Waals surface area contributed by atoms with Gasteiger partial charge in [0.25, 0.3) is 5.91 Å². The molecule has 1 aromatic rings. The normalized spacial score (nSPS) is 12.3. The minimum absolute atomic E-state index is 0.459. The fourth-order valence-corrected chi connectivity index (χ4v) is 2.26. The van der Waals surface area contributed by atoms with Gasteiger partial charge in [-0.2, -0.15) is 0 Å². The first-order valence-corrected chi connectivity index (χ1v) is 7.06. The summed E-state index contributed by atoms with van der Waals surface area (Å²) in [5.74, 6) is -0.744. The van der Waals surface area contributed by atoms with Crippen LogP contribution in [0.2, 0.25) is 0 Å². The maximum absolute atomic E-state index is 11.6. The Labute approximate surface area is 105 Å². The first kappa shape index (κ1) is 13.7. The standard InChI is InChI=1S/C11H12ClNO3S/c1-8-3-5-9(6-4-8)13-11(14)10(7-12)17(2,15)16/h3-7H,1-2H3,(H,13,14)/b10-7-. The molecule has 1 N–H and O–H groups in total. The molecule has 0 aliphatic heterocycles. The zero-order valence-electron chi connectivity index (χ0n) is 9.40. The van der Waals surface area contributed by atoms with E-state index < -0.39 is 20.6 Å². The van der Waals surface area contributed by atoms with Crippen molar-refractivity contribution < 1.29 is 13.2 Å². The van der Waals surface area contributed by atoms with Crippen LogP contribution in [0.5, 0.6) is 0 Å². The van der Waals surface area contributed by atoms with Crippen molar-refractivity contribution in [3.63, 3.8) is 0 Å². The molecule has 1 aromatic carbocycles. The number of hydrogen-bond acceptors (Lipinski definition) is 3. The van der Waals surface area contributed by atoms with E-state index in [0.717, 1.165) is 17.4 Å². The van der Waals surface area contributed by atoms with Crippen LogP contribution in [0, 0.1) is 6.92 Å². The average Bonchev–Trinajstić information content (AvgIpc) is 2.20. The van der Waals surface area contributed by atoms with Crippen LogP contribution < -0.4 is 5.32 Å². The van der Waals surface area contributed by atoms with Crippen LogP contribution >= 0.6 is 11.6 Å². The first-order chi connectivity index (χ1) is 7.84. The predicted molar refractivity (Wildman–Crippen MR) is 68.6 cm³/mol. The Morgan fingerprint density at radius 1 is 1.29 bits per heavy atom. The van der Waals surface area contributed by atoms with E-state index in [4.69, 9.17) is 11.6 Å². The predicted octanol–water partition coefficient (Wildman–Crippen LogP) is 2.06. The maximum Gasteiger partial charge on any atom is 0.268 e. The zero-order chi connectivity index (χ0) is 13.1. The minimum Gasteiger partial charge on any atom is -0.321 e. The molecule has 0 saturated carbocycles. The Kier molecular flexibility index (Phi) is 4.31. The molecule has 0 aliphatic carbocycles. The van der Waals surface area contributed by atoms with Gasteiger partial charge in [-0.15, -0.1) is 0 Å². The molecule has 6 heteroatoms. The van der Waals surface area contributed by atoms with E-state index in [1.165, 1.54) is 0 Å². The molecule has 92 valence electrons. The topological polar surface area (TPSA) is 63.2 Å². The van der Waals surface area contributed by atoms with Crippen LogP contribution in [0.4, 0.5) is 5.69 Å². The Morgan fingerprint density at radius 3 is 2.24 bits per heavy atom. The van der Waals surface area contributed by atoms with Crippen LogP contribution in [0.3, 0.4) is 0 Å². The smallest absolute Gasteiger partial charge is 0.268 e. The zero-order valence-corrected chi connectivity index (χ0v) is 11.0. The van der Waals surface area contributed by atoms with Crippen molar-refractivity contribution in [1.82, 2.24) is 0 Å². The molecule has 1 amide bonds. The quantitative estimate of drug-likeness (QED) is 0.858. The van der Waals surface area contributed by atoms with E-state index in [2.05, 4.69) is 5.32 Å². The third kappa shape index (κ3) is 3.87. The number of rotatable bonds is 3. The molecule has 0 radical (unpaired) electrons. The van der Waals surface area contributed by atoms with Gasteiger partial charge in [0.2, 0.25) is 0 Å². The highest BCUT2D eigenvalue weighted by Gasteiger charge is 2.19. The van der Waals surface area contributed by atoms with Crippen molar-refractivity contribution in [3.05, 3.63) is 40.3 Å². The summed E-state index contributed by atoms with van der Waals surface area (Å²) in [6.07, 6.45) is 0.927. The summed E-state index contributed by atoms with van der Waals surface area (Å²) in [6.45, 7) is 1.91. The van der Waals surface area contributed by atoms with Gasteiger partial charge in [0, 0.05) is 17.5 Å². The van der Waals surface area contributed by atoms with Crippen LogP contribution in [0.15, 0.2) is 34.7 Å². The van der Waals surface area contributed by atoms with Crippen molar-refractivity contribution in [2.75, 3.05) is 11.6 Å². The van der Waals surface area contributed by atoms with Crippen LogP contribution in [0.25, 0.3) is 0 Å². The fourth-order valence-electron chi connectivity index (χ4n) is 1.13. The summed E-state index contributed by atoms with van der Waals surface area (Å²) in [6, 6.07) is 6.98. The van der Waals surface area contributed by atoms with E-state index in [0.29, 0.717) is 5.69 Å². The van der Waals surface area contributed by atoms with E-state index in [1.54, 1.807) is 24.3 Å². The van der Waals surface area contributed by atoms with Gasteiger partial charge in [0.15, 0.2) is 9.84 Å². The van der Waals surface area contributed by atoms with Crippen LogP contribution in [-0.4, -0.2) is 20.6 Å². The second kappa shape index (κ2) is 5.33. The maximum atomic E-state index is 11.6. The number of hydrogen-bond donors (Lipinski definition) is 1. The highest BCUT2D eigenvalue weighted by molar-refractivity contribution is 7.95. The van der Waals surface area contributed by atoms with Crippen molar-refractivity contribution in [3.8, 4) is 0 Å². The number of benzene rings is 1. The molecule has 4 nitrogen and oxygen atoms in total. The number of carbonyl (C=O) groups is 1. The van der Waals surface area contributed by atoms with Gasteiger partial charge >= 0.3 is 0 Å². The highest BCUT2D eigenvalue weighted by Crippen LogP contribution is 2.13. The molecule has 0 unspecified atom stereocenters. The molecule has 0 saturated heterocycles. The SMILES string of the molecule is Cc1ccc(NC(=O)/C(=C/Cl)S(C)(=O)=O)cc1. The number of nitrogens with one attached hydrogen (secondary N) is 1. The molecule has 0 heterocycles. The van der Waals surface area contributed by atoms with Crippen LogP contribution in [0.1, 0.15) is 5.56 Å². The molecule has 1 rings (SSSR count). The van der Waals surface area contributed by atoms with Gasteiger partial charge in [-0.3, -0.25) is 4.79 Å². The third-order valence-corrected chi connectivity index (χ3v) is 3.48. The summed E-state index contributed by atoms with van der Waals surface area (Å²) in [7, 11) is -3.63. The molecule has 0 atom stereocenters. The van der Waals surface area contributed by atoms with Crippen molar-refractivity contribution in [2.45, 2.75) is 6.92 Å². The molecule has 17 heavy (non-hydrogen) atoms. The van der Waals surface area contributed by atoms with Crippen molar-refractivity contribution in [2.24, 2.45) is 0 Å². The highest BCUT2D eigenvalue weighted by atomic mass is 35.5. The monoisotopic (exact) mass is 273 g/mol. The first-order valence-electron chi connectivity index (χ1n) is 4.73. The molecule has 0 fully saturated rings. The van der Waals surface area contributed by atoms with Gasteiger partial charge in [-0.1, -0.05) is 29.3 Å². The fraction of sp³-hybridized carbons (Fsp3) is 0.182. The molecular weight excluding hydrogens is 262 g/mol. The summed E-state index contributed by atoms with van der Waals surface area (Å²) >= 11 is 5.34. The van der Waals surface area contributed by atoms with Crippen molar-refractivity contribution in [1.29, 1.82) is 0 Å². The second-order valence-electron chi connectivity index (χ2n) is 3.57. The Bertz CT molecular complexity index is 547. The number of aryl methyl sites for hydroxylation is 1. The van der Waals surface area contributed by atoms with Gasteiger partial charge in [-0.05, 0) is 19.1 Å². The number of anilines is 1. The molecule has 0 bridgehead atoms. The largest absolute Gasteiger partial charge is 0.321 e. The number of sulfone groups is 1. The van der Waals surface area contributed by atoms with Crippen molar-refractivity contribution >= 4 is 33.0 Å². The average molecular weight is 274 g/mol. The summed E-state index contributed by atoms with van der Waals surface area (Å²) < 4.78 is 22.5. The van der Waals surface area contributed by atoms with Gasteiger partial charge in [0.1, 0.15) is 4.91 Å². The molecule has 0 aliphatic rings. The molecule has 0 spiro atoms. The molecular formula is C11H12ClNO3S. The summed E-state index contributed by atoms with van der Waals surface area (Å²) in [5.41, 5.74) is 2.32.